The summed E-state index contributed by atoms with van der Waals surface area (Å²) in [6.07, 6.45) is 3.12. The summed E-state index contributed by atoms with van der Waals surface area (Å²) in [5, 5.41) is 20.1. The third-order valence-corrected chi connectivity index (χ3v) is 4.99. The molecule has 0 bridgehead atoms. The van der Waals surface area contributed by atoms with E-state index in [1.54, 1.807) is 42.5 Å². The number of esters is 1. The van der Waals surface area contributed by atoms with Gasteiger partial charge in [0.1, 0.15) is 5.75 Å². The average molecular weight is 510 g/mol. The van der Waals surface area contributed by atoms with Gasteiger partial charge < -0.3 is 24.4 Å². The Labute approximate surface area is 205 Å². The predicted octanol–water partition coefficient (Wildman–Crippen LogP) is 6.88. The predicted molar refractivity (Wildman–Crippen MR) is 128 cm³/mol. The third-order valence-electron chi connectivity index (χ3n) is 4.22. The van der Waals surface area contributed by atoms with Gasteiger partial charge in [-0.15, -0.1) is 0 Å². The molecule has 9 heteroatoms. The smallest absolute Gasteiger partial charge is 0.330 e. The molecule has 0 amide bonds. The standard InChI is InChI=1S/C24H19Cl3O6/c25-16-4-7-21(18(27)13-16)33-22-8-5-17(26)14-23(22)31-10-1-11-32-24(30)9-3-15-2-6-19(28)20(29)12-15/h2-9,12-14,28-29H,1,10-11H2/b9-3+. The lowest BCUT2D eigenvalue weighted by Crippen LogP contribution is -2.07. The van der Waals surface area contributed by atoms with E-state index in [-0.39, 0.29) is 24.7 Å². The normalized spacial score (nSPS) is 10.9. The van der Waals surface area contributed by atoms with E-state index in [4.69, 9.17) is 49.0 Å². The van der Waals surface area contributed by atoms with Gasteiger partial charge in [0.15, 0.2) is 23.0 Å². The SMILES string of the molecule is O=C(/C=C/c1ccc(O)c(O)c1)OCCCOc1cc(Cl)ccc1Oc1ccc(Cl)cc1Cl. The van der Waals surface area contributed by atoms with Gasteiger partial charge in [0.25, 0.3) is 0 Å². The summed E-state index contributed by atoms with van der Waals surface area (Å²) >= 11 is 18.1. The van der Waals surface area contributed by atoms with Crippen LogP contribution in [-0.2, 0) is 9.53 Å². The van der Waals surface area contributed by atoms with Crippen LogP contribution >= 0.6 is 34.8 Å². The van der Waals surface area contributed by atoms with Crippen LogP contribution in [0.25, 0.3) is 6.08 Å². The summed E-state index contributed by atoms with van der Waals surface area (Å²) in [7, 11) is 0. The monoisotopic (exact) mass is 508 g/mol. The minimum Gasteiger partial charge on any atom is -0.504 e. The minimum atomic E-state index is -0.549. The van der Waals surface area contributed by atoms with Crippen LogP contribution < -0.4 is 9.47 Å². The van der Waals surface area contributed by atoms with Crippen molar-refractivity contribution in [1.29, 1.82) is 0 Å². The summed E-state index contributed by atoms with van der Waals surface area (Å²) in [5.41, 5.74) is 0.542. The maximum Gasteiger partial charge on any atom is 0.330 e. The van der Waals surface area contributed by atoms with E-state index in [0.29, 0.717) is 44.3 Å². The van der Waals surface area contributed by atoms with Gasteiger partial charge in [-0.05, 0) is 54.1 Å². The molecule has 0 atom stereocenters. The van der Waals surface area contributed by atoms with Crippen LogP contribution in [0.3, 0.4) is 0 Å². The first kappa shape index (κ1) is 24.6. The number of rotatable bonds is 9. The van der Waals surface area contributed by atoms with Gasteiger partial charge in [-0.2, -0.15) is 0 Å². The largest absolute Gasteiger partial charge is 0.504 e. The highest BCUT2D eigenvalue weighted by Gasteiger charge is 2.11. The minimum absolute atomic E-state index is 0.129. The second-order valence-corrected chi connectivity index (χ2v) is 8.00. The van der Waals surface area contributed by atoms with Crippen molar-refractivity contribution < 1.29 is 29.2 Å². The van der Waals surface area contributed by atoms with Crippen LogP contribution in [-0.4, -0.2) is 29.4 Å². The molecular weight excluding hydrogens is 491 g/mol. The Morgan fingerprint density at radius 3 is 2.27 bits per heavy atom. The summed E-state index contributed by atoms with van der Waals surface area (Å²) in [6.45, 7) is 0.373. The molecule has 0 saturated carbocycles. The number of phenols is 2. The third kappa shape index (κ3) is 7.49. The summed E-state index contributed by atoms with van der Waals surface area (Å²) in [5.74, 6) is 0.180. The zero-order valence-corrected chi connectivity index (χ0v) is 19.4. The Morgan fingerprint density at radius 1 is 0.818 bits per heavy atom. The van der Waals surface area contributed by atoms with Crippen molar-refractivity contribution in [2.24, 2.45) is 0 Å². The van der Waals surface area contributed by atoms with Crippen LogP contribution in [0.4, 0.5) is 0 Å². The van der Waals surface area contributed by atoms with E-state index in [9.17, 15) is 15.0 Å². The molecule has 0 aromatic heterocycles. The second kappa shape index (κ2) is 11.7. The van der Waals surface area contributed by atoms with Crippen molar-refractivity contribution in [3.63, 3.8) is 0 Å². The summed E-state index contributed by atoms with van der Waals surface area (Å²) in [6, 6.07) is 14.0. The molecule has 0 fully saturated rings. The van der Waals surface area contributed by atoms with Crippen LogP contribution in [0.1, 0.15) is 12.0 Å². The van der Waals surface area contributed by atoms with E-state index in [1.165, 1.54) is 24.3 Å². The van der Waals surface area contributed by atoms with Gasteiger partial charge in [0.2, 0.25) is 0 Å². The topological polar surface area (TPSA) is 85.2 Å². The van der Waals surface area contributed by atoms with Gasteiger partial charge in [-0.3, -0.25) is 0 Å². The number of carbonyl (C=O) groups excluding carboxylic acids is 1. The number of phenolic OH excluding ortho intramolecular Hbond substituents is 2. The number of hydrogen-bond donors (Lipinski definition) is 2. The van der Waals surface area contributed by atoms with E-state index in [1.807, 2.05) is 0 Å². The first-order valence-corrected chi connectivity index (χ1v) is 10.9. The Balaban J connectivity index is 1.49. The molecule has 3 aromatic carbocycles. The molecule has 6 nitrogen and oxygen atoms in total. The Morgan fingerprint density at radius 2 is 1.55 bits per heavy atom. The number of ether oxygens (including phenoxy) is 3. The molecule has 3 rings (SSSR count). The highest BCUT2D eigenvalue weighted by molar-refractivity contribution is 6.35. The van der Waals surface area contributed by atoms with Crippen LogP contribution in [0, 0.1) is 0 Å². The lowest BCUT2D eigenvalue weighted by molar-refractivity contribution is -0.137. The maximum absolute atomic E-state index is 11.8. The molecule has 0 saturated heterocycles. The van der Waals surface area contributed by atoms with Crippen LogP contribution in [0.15, 0.2) is 60.7 Å². The lowest BCUT2D eigenvalue weighted by Gasteiger charge is -2.14. The van der Waals surface area contributed by atoms with Crippen molar-refractivity contribution >= 4 is 46.8 Å². The highest BCUT2D eigenvalue weighted by atomic mass is 35.5. The number of halogens is 3. The molecule has 0 aliphatic heterocycles. The molecule has 0 heterocycles. The molecule has 3 aromatic rings. The quantitative estimate of drug-likeness (QED) is 0.142. The average Bonchev–Trinajstić information content (AvgIpc) is 2.77. The molecule has 33 heavy (non-hydrogen) atoms. The van der Waals surface area contributed by atoms with E-state index >= 15 is 0 Å². The number of hydrogen-bond acceptors (Lipinski definition) is 6. The van der Waals surface area contributed by atoms with Crippen molar-refractivity contribution in [3.05, 3.63) is 81.3 Å². The Hall–Kier alpha value is -3.06. The molecule has 0 radical (unpaired) electrons. The zero-order chi connectivity index (χ0) is 23.8. The highest BCUT2D eigenvalue weighted by Crippen LogP contribution is 2.37. The second-order valence-electron chi connectivity index (χ2n) is 6.72. The number of benzene rings is 3. The van der Waals surface area contributed by atoms with Crippen molar-refractivity contribution in [2.75, 3.05) is 13.2 Å². The van der Waals surface area contributed by atoms with Gasteiger partial charge in [0, 0.05) is 28.6 Å². The van der Waals surface area contributed by atoms with Crippen LogP contribution in [0.5, 0.6) is 28.7 Å². The summed E-state index contributed by atoms with van der Waals surface area (Å²) < 4.78 is 16.7. The van der Waals surface area contributed by atoms with Crippen molar-refractivity contribution in [3.8, 4) is 28.7 Å². The van der Waals surface area contributed by atoms with E-state index in [0.717, 1.165) is 0 Å². The number of carbonyl (C=O) groups is 1. The van der Waals surface area contributed by atoms with E-state index in [2.05, 4.69) is 0 Å². The first-order valence-electron chi connectivity index (χ1n) is 9.74. The molecule has 0 spiro atoms. The molecule has 0 aliphatic carbocycles. The lowest BCUT2D eigenvalue weighted by atomic mass is 10.2. The van der Waals surface area contributed by atoms with Gasteiger partial charge in [-0.1, -0.05) is 40.9 Å². The Bertz CT molecular complexity index is 1160. The zero-order valence-electron chi connectivity index (χ0n) is 17.1. The fourth-order valence-electron chi connectivity index (χ4n) is 2.63. The summed E-state index contributed by atoms with van der Waals surface area (Å²) in [4.78, 5) is 11.8. The first-order chi connectivity index (χ1) is 15.8. The van der Waals surface area contributed by atoms with Gasteiger partial charge in [-0.25, -0.2) is 4.79 Å². The van der Waals surface area contributed by atoms with Gasteiger partial charge in [0.05, 0.1) is 18.2 Å². The molecular formula is C24H19Cl3O6. The fraction of sp³-hybridized carbons (Fsp3) is 0.125. The van der Waals surface area contributed by atoms with E-state index < -0.39 is 5.97 Å². The van der Waals surface area contributed by atoms with Crippen molar-refractivity contribution in [2.45, 2.75) is 6.42 Å². The molecule has 2 N–H and O–H groups in total. The molecule has 172 valence electrons. The maximum atomic E-state index is 11.8. The number of aromatic hydroxyl groups is 2. The van der Waals surface area contributed by atoms with Gasteiger partial charge >= 0.3 is 5.97 Å². The molecule has 0 aliphatic rings. The Kier molecular flexibility index (Phi) is 8.72. The fourth-order valence-corrected chi connectivity index (χ4v) is 3.23. The molecule has 0 unspecified atom stereocenters. The van der Waals surface area contributed by atoms with Crippen molar-refractivity contribution in [1.82, 2.24) is 0 Å². The van der Waals surface area contributed by atoms with Crippen LogP contribution in [0.2, 0.25) is 15.1 Å².